The van der Waals surface area contributed by atoms with E-state index in [0.29, 0.717) is 52.2 Å². The van der Waals surface area contributed by atoms with E-state index in [0.717, 1.165) is 11.1 Å². The maximum Gasteiger partial charge on any atom is 0.279 e. The zero-order valence-corrected chi connectivity index (χ0v) is 20.1. The van der Waals surface area contributed by atoms with Gasteiger partial charge in [-0.15, -0.1) is 0 Å². The standard InChI is InChI=1S/C25H27ClN4O4/c1-15-10-16(2)14-29(13-15)22(31)12-27-24(32)23-18-6-4-5-7-19(18)25(33)30(28-23)17-8-9-21(34-3)20(26)11-17/h4-9,11,15-16H,10,12-14H2,1-3H3,(H,27,32)/t15-,16-/m1/s1. The van der Waals surface area contributed by atoms with Crippen molar-refractivity contribution in [2.75, 3.05) is 26.7 Å². The first-order chi connectivity index (χ1) is 16.3. The quantitative estimate of drug-likeness (QED) is 0.602. The molecule has 0 radical (unpaired) electrons. The molecule has 0 unspecified atom stereocenters. The first-order valence-corrected chi connectivity index (χ1v) is 11.6. The average Bonchev–Trinajstić information content (AvgIpc) is 2.82. The highest BCUT2D eigenvalue weighted by atomic mass is 35.5. The van der Waals surface area contributed by atoms with E-state index in [-0.39, 0.29) is 23.7 Å². The number of carbonyl (C=O) groups excluding carboxylic acids is 2. The third-order valence-electron chi connectivity index (χ3n) is 6.02. The van der Waals surface area contributed by atoms with Gasteiger partial charge in [0.15, 0.2) is 5.69 Å². The molecule has 1 aliphatic heterocycles. The molecule has 1 fully saturated rings. The van der Waals surface area contributed by atoms with E-state index in [1.165, 1.54) is 7.11 Å². The Morgan fingerprint density at radius 2 is 1.79 bits per heavy atom. The van der Waals surface area contributed by atoms with E-state index < -0.39 is 5.91 Å². The number of carbonyl (C=O) groups is 2. The molecule has 34 heavy (non-hydrogen) atoms. The molecule has 1 saturated heterocycles. The second-order valence-electron chi connectivity index (χ2n) is 8.86. The summed E-state index contributed by atoms with van der Waals surface area (Å²) in [4.78, 5) is 40.8. The summed E-state index contributed by atoms with van der Waals surface area (Å²) in [7, 11) is 1.50. The molecule has 2 aromatic carbocycles. The molecule has 2 heterocycles. The summed E-state index contributed by atoms with van der Waals surface area (Å²) in [5, 5.41) is 8.09. The third kappa shape index (κ3) is 4.77. The van der Waals surface area contributed by atoms with E-state index in [9.17, 15) is 14.4 Å². The van der Waals surface area contributed by atoms with Gasteiger partial charge in [0.1, 0.15) is 5.75 Å². The molecule has 1 N–H and O–H groups in total. The van der Waals surface area contributed by atoms with Crippen LogP contribution in [-0.4, -0.2) is 53.2 Å². The highest BCUT2D eigenvalue weighted by Gasteiger charge is 2.26. The van der Waals surface area contributed by atoms with Gasteiger partial charge in [-0.1, -0.05) is 43.6 Å². The summed E-state index contributed by atoms with van der Waals surface area (Å²) in [5.41, 5.74) is 0.0547. The lowest BCUT2D eigenvalue weighted by atomic mass is 9.92. The summed E-state index contributed by atoms with van der Waals surface area (Å²) in [6, 6.07) is 11.6. The molecule has 9 heteroatoms. The number of hydrogen-bond acceptors (Lipinski definition) is 5. The smallest absolute Gasteiger partial charge is 0.279 e. The number of amides is 2. The number of halogens is 1. The average molecular weight is 483 g/mol. The van der Waals surface area contributed by atoms with Crippen molar-refractivity contribution in [1.82, 2.24) is 20.0 Å². The number of nitrogens with one attached hydrogen (secondary N) is 1. The van der Waals surface area contributed by atoms with Crippen LogP contribution in [0.1, 0.15) is 30.8 Å². The lowest BCUT2D eigenvalue weighted by Crippen LogP contribution is -2.47. The molecular weight excluding hydrogens is 456 g/mol. The molecule has 1 aliphatic rings. The topological polar surface area (TPSA) is 93.5 Å². The van der Waals surface area contributed by atoms with Crippen LogP contribution in [0.4, 0.5) is 0 Å². The first kappa shape index (κ1) is 23.8. The molecular formula is C25H27ClN4O4. The van der Waals surface area contributed by atoms with Crippen LogP contribution in [0.2, 0.25) is 5.02 Å². The Hall–Kier alpha value is -3.39. The van der Waals surface area contributed by atoms with Gasteiger partial charge in [-0.3, -0.25) is 14.4 Å². The summed E-state index contributed by atoms with van der Waals surface area (Å²) >= 11 is 6.24. The van der Waals surface area contributed by atoms with Crippen LogP contribution in [-0.2, 0) is 4.79 Å². The summed E-state index contributed by atoms with van der Waals surface area (Å²) in [5.74, 6) is 0.641. The zero-order chi connectivity index (χ0) is 24.4. The van der Waals surface area contributed by atoms with Gasteiger partial charge >= 0.3 is 0 Å². The van der Waals surface area contributed by atoms with Gasteiger partial charge < -0.3 is 15.0 Å². The van der Waals surface area contributed by atoms with E-state index >= 15 is 0 Å². The van der Waals surface area contributed by atoms with E-state index in [1.807, 2.05) is 0 Å². The molecule has 1 aromatic heterocycles. The monoisotopic (exact) mass is 482 g/mol. The fourth-order valence-corrected chi connectivity index (χ4v) is 4.79. The highest BCUT2D eigenvalue weighted by Crippen LogP contribution is 2.26. The van der Waals surface area contributed by atoms with Crippen LogP contribution in [0.15, 0.2) is 47.3 Å². The van der Waals surface area contributed by atoms with Gasteiger partial charge in [0.25, 0.3) is 11.5 Å². The zero-order valence-electron chi connectivity index (χ0n) is 19.4. The number of aromatic nitrogens is 2. The molecule has 178 valence electrons. The number of methoxy groups -OCH3 is 1. The lowest BCUT2D eigenvalue weighted by molar-refractivity contribution is -0.132. The van der Waals surface area contributed by atoms with Crippen molar-refractivity contribution in [3.8, 4) is 11.4 Å². The summed E-state index contributed by atoms with van der Waals surface area (Å²) in [6.45, 7) is 5.48. The Kier molecular flexibility index (Phi) is 6.88. The van der Waals surface area contributed by atoms with E-state index in [2.05, 4.69) is 24.3 Å². The Bertz CT molecular complexity index is 1300. The van der Waals surface area contributed by atoms with Crippen molar-refractivity contribution in [1.29, 1.82) is 0 Å². The van der Waals surface area contributed by atoms with Gasteiger partial charge in [-0.05, 0) is 42.5 Å². The summed E-state index contributed by atoms with van der Waals surface area (Å²) < 4.78 is 6.31. The predicted molar refractivity (Wildman–Crippen MR) is 131 cm³/mol. The minimum absolute atomic E-state index is 0.0512. The molecule has 8 nitrogen and oxygen atoms in total. The van der Waals surface area contributed by atoms with Gasteiger partial charge in [-0.25, -0.2) is 0 Å². The van der Waals surface area contributed by atoms with Crippen LogP contribution in [0.3, 0.4) is 0 Å². The number of nitrogens with zero attached hydrogens (tertiary/aromatic N) is 3. The first-order valence-electron chi connectivity index (χ1n) is 11.2. The lowest BCUT2D eigenvalue weighted by Gasteiger charge is -2.35. The number of hydrogen-bond donors (Lipinski definition) is 1. The van der Waals surface area contributed by atoms with Crippen molar-refractivity contribution < 1.29 is 14.3 Å². The highest BCUT2D eigenvalue weighted by molar-refractivity contribution is 6.32. The van der Waals surface area contributed by atoms with Gasteiger partial charge in [0, 0.05) is 18.5 Å². The second kappa shape index (κ2) is 9.85. The Labute approximate surface area is 202 Å². The second-order valence-corrected chi connectivity index (χ2v) is 9.26. The van der Waals surface area contributed by atoms with Crippen molar-refractivity contribution in [2.24, 2.45) is 11.8 Å². The molecule has 3 aromatic rings. The Morgan fingerprint density at radius 1 is 1.12 bits per heavy atom. The van der Waals surface area contributed by atoms with Gasteiger partial charge in [0.2, 0.25) is 5.91 Å². The minimum atomic E-state index is -0.531. The normalized spacial score (nSPS) is 18.1. The molecule has 2 amide bonds. The number of rotatable bonds is 5. The van der Waals surface area contributed by atoms with Crippen molar-refractivity contribution in [3.63, 3.8) is 0 Å². The van der Waals surface area contributed by atoms with Crippen LogP contribution < -0.4 is 15.6 Å². The Morgan fingerprint density at radius 3 is 2.44 bits per heavy atom. The maximum absolute atomic E-state index is 13.1. The van der Waals surface area contributed by atoms with E-state index in [4.69, 9.17) is 16.3 Å². The number of fused-ring (bicyclic) bond motifs is 1. The van der Waals surface area contributed by atoms with Crippen LogP contribution in [0.5, 0.6) is 5.75 Å². The SMILES string of the molecule is COc1ccc(-n2nc(C(=O)NCC(=O)N3C[C@H](C)C[C@@H](C)C3)c3ccccc3c2=O)cc1Cl. The van der Waals surface area contributed by atoms with Gasteiger partial charge in [-0.2, -0.15) is 9.78 Å². The number of ether oxygens (including phenoxy) is 1. The number of likely N-dealkylation sites (tertiary alicyclic amines) is 1. The maximum atomic E-state index is 13.1. The third-order valence-corrected chi connectivity index (χ3v) is 6.32. The van der Waals surface area contributed by atoms with Crippen LogP contribution >= 0.6 is 11.6 Å². The fraction of sp³-hybridized carbons (Fsp3) is 0.360. The molecule has 0 spiro atoms. The molecule has 4 rings (SSSR count). The minimum Gasteiger partial charge on any atom is -0.495 e. The number of benzene rings is 2. The predicted octanol–water partition coefficient (Wildman–Crippen LogP) is 3.28. The largest absolute Gasteiger partial charge is 0.495 e. The molecule has 0 saturated carbocycles. The molecule has 0 bridgehead atoms. The fourth-order valence-electron chi connectivity index (χ4n) is 4.54. The summed E-state index contributed by atoms with van der Waals surface area (Å²) in [6.07, 6.45) is 1.09. The van der Waals surface area contributed by atoms with Crippen molar-refractivity contribution in [2.45, 2.75) is 20.3 Å². The van der Waals surface area contributed by atoms with Crippen LogP contribution in [0, 0.1) is 11.8 Å². The van der Waals surface area contributed by atoms with E-state index in [1.54, 1.807) is 47.4 Å². The van der Waals surface area contributed by atoms with Crippen molar-refractivity contribution in [3.05, 3.63) is 63.5 Å². The van der Waals surface area contributed by atoms with Gasteiger partial charge in [0.05, 0.1) is 29.8 Å². The van der Waals surface area contributed by atoms with Crippen molar-refractivity contribution >= 4 is 34.2 Å². The van der Waals surface area contributed by atoms with Crippen LogP contribution in [0.25, 0.3) is 16.5 Å². The number of piperidine rings is 1. The molecule has 0 aliphatic carbocycles. The molecule has 2 atom stereocenters. The Balaban J connectivity index is 1.65.